The third-order valence-electron chi connectivity index (χ3n) is 2.07. The molecule has 5 nitrogen and oxygen atoms in total. The van der Waals surface area contributed by atoms with Crippen LogP contribution in [0.5, 0.6) is 0 Å². The molecular weight excluding hydrogens is 308 g/mol. The summed E-state index contributed by atoms with van der Waals surface area (Å²) in [6.07, 6.45) is 2.52. The fraction of sp³-hybridized carbons (Fsp3) is 0.100. The third kappa shape index (κ3) is 2.86. The Morgan fingerprint density at radius 1 is 1.29 bits per heavy atom. The molecule has 1 aromatic heterocycles. The molecule has 0 fully saturated rings. The van der Waals surface area contributed by atoms with Crippen molar-refractivity contribution in [3.8, 4) is 0 Å². The Balaban J connectivity index is 2.25. The molecule has 0 unspecified atom stereocenters. The smallest absolute Gasteiger partial charge is 0.262 e. The standard InChI is InChI=1S/C10H9BrN2O3S/c11-5-8-1-3-10(4-2-8)17(14,15)13-9-6-12-16-7-9/h1-4,6-7,13H,5H2. The highest BCUT2D eigenvalue weighted by Gasteiger charge is 2.14. The highest BCUT2D eigenvalue weighted by molar-refractivity contribution is 9.08. The number of alkyl halides is 1. The summed E-state index contributed by atoms with van der Waals surface area (Å²) in [4.78, 5) is 0.198. The van der Waals surface area contributed by atoms with Crippen LogP contribution in [0.4, 0.5) is 5.69 Å². The average molecular weight is 317 g/mol. The predicted octanol–water partition coefficient (Wildman–Crippen LogP) is 2.37. The minimum atomic E-state index is -3.57. The quantitative estimate of drug-likeness (QED) is 0.879. The van der Waals surface area contributed by atoms with Gasteiger partial charge in [-0.3, -0.25) is 4.72 Å². The Morgan fingerprint density at radius 2 is 2.00 bits per heavy atom. The van der Waals surface area contributed by atoms with Gasteiger partial charge < -0.3 is 4.52 Å². The van der Waals surface area contributed by atoms with Gasteiger partial charge in [-0.1, -0.05) is 33.2 Å². The van der Waals surface area contributed by atoms with Crippen LogP contribution in [0.3, 0.4) is 0 Å². The molecular formula is C10H9BrN2O3S. The molecule has 0 amide bonds. The zero-order chi connectivity index (χ0) is 12.3. The van der Waals surface area contributed by atoms with Gasteiger partial charge in [-0.15, -0.1) is 0 Å². The van der Waals surface area contributed by atoms with Crippen molar-refractivity contribution >= 4 is 31.6 Å². The second-order valence-corrected chi connectivity index (χ2v) is 5.54. The zero-order valence-electron chi connectivity index (χ0n) is 8.63. The number of hydrogen-bond acceptors (Lipinski definition) is 4. The van der Waals surface area contributed by atoms with E-state index >= 15 is 0 Å². The summed E-state index contributed by atoms with van der Waals surface area (Å²) in [5.74, 6) is 0. The molecule has 7 heteroatoms. The van der Waals surface area contributed by atoms with Crippen molar-refractivity contribution < 1.29 is 12.9 Å². The van der Waals surface area contributed by atoms with E-state index in [1.807, 2.05) is 0 Å². The summed E-state index contributed by atoms with van der Waals surface area (Å²) in [6.45, 7) is 0. The van der Waals surface area contributed by atoms with Gasteiger partial charge in [0.1, 0.15) is 12.0 Å². The third-order valence-corrected chi connectivity index (χ3v) is 4.12. The maximum absolute atomic E-state index is 11.9. The molecule has 0 saturated carbocycles. The summed E-state index contributed by atoms with van der Waals surface area (Å²) in [7, 11) is -3.57. The summed E-state index contributed by atoms with van der Waals surface area (Å²) in [5.41, 5.74) is 1.31. The van der Waals surface area contributed by atoms with Crippen LogP contribution in [0.25, 0.3) is 0 Å². The molecule has 1 N–H and O–H groups in total. The van der Waals surface area contributed by atoms with Gasteiger partial charge in [-0.25, -0.2) is 8.42 Å². The van der Waals surface area contributed by atoms with E-state index in [1.165, 1.54) is 12.5 Å². The molecule has 0 bridgehead atoms. The Kier molecular flexibility index (Phi) is 3.49. The van der Waals surface area contributed by atoms with Gasteiger partial charge in [0.2, 0.25) is 0 Å². The number of sulfonamides is 1. The van der Waals surface area contributed by atoms with Crippen LogP contribution in [-0.4, -0.2) is 13.6 Å². The van der Waals surface area contributed by atoms with Crippen LogP contribution >= 0.6 is 15.9 Å². The van der Waals surface area contributed by atoms with Gasteiger partial charge in [-0.2, -0.15) is 0 Å². The van der Waals surface area contributed by atoms with Crippen LogP contribution in [0.2, 0.25) is 0 Å². The van der Waals surface area contributed by atoms with Crippen molar-refractivity contribution in [2.24, 2.45) is 0 Å². The zero-order valence-corrected chi connectivity index (χ0v) is 11.0. The second kappa shape index (κ2) is 4.89. The molecule has 0 radical (unpaired) electrons. The van der Waals surface area contributed by atoms with Crippen molar-refractivity contribution in [3.63, 3.8) is 0 Å². The fourth-order valence-corrected chi connectivity index (χ4v) is 2.62. The molecule has 17 heavy (non-hydrogen) atoms. The van der Waals surface area contributed by atoms with Gasteiger partial charge in [-0.05, 0) is 17.7 Å². The lowest BCUT2D eigenvalue weighted by atomic mass is 10.2. The molecule has 90 valence electrons. The number of anilines is 1. The molecule has 0 aliphatic heterocycles. The van der Waals surface area contributed by atoms with E-state index < -0.39 is 10.0 Å². The first-order valence-corrected chi connectivity index (χ1v) is 7.29. The molecule has 2 rings (SSSR count). The predicted molar refractivity (Wildman–Crippen MR) is 66.4 cm³/mol. The highest BCUT2D eigenvalue weighted by Crippen LogP contribution is 2.16. The van der Waals surface area contributed by atoms with Gasteiger partial charge in [0.05, 0.1) is 11.1 Å². The molecule has 0 aliphatic rings. The van der Waals surface area contributed by atoms with E-state index in [0.717, 1.165) is 5.56 Å². The average Bonchev–Trinajstić information content (AvgIpc) is 2.81. The van der Waals surface area contributed by atoms with Gasteiger partial charge in [0, 0.05) is 5.33 Å². The van der Waals surface area contributed by atoms with Crippen molar-refractivity contribution in [2.75, 3.05) is 4.72 Å². The van der Waals surface area contributed by atoms with E-state index in [2.05, 4.69) is 30.3 Å². The van der Waals surface area contributed by atoms with Crippen LogP contribution < -0.4 is 4.72 Å². The largest absolute Gasteiger partial charge is 0.362 e. The Hall–Kier alpha value is -1.34. The first-order chi connectivity index (χ1) is 8.12. The summed E-state index contributed by atoms with van der Waals surface area (Å²) in [6, 6.07) is 6.59. The Bertz CT molecular complexity index is 579. The highest BCUT2D eigenvalue weighted by atomic mass is 79.9. The maximum Gasteiger partial charge on any atom is 0.262 e. The molecule has 0 aliphatic carbocycles. The summed E-state index contributed by atoms with van der Waals surface area (Å²) in [5, 5.41) is 4.11. The van der Waals surface area contributed by atoms with Crippen LogP contribution in [0.1, 0.15) is 5.56 Å². The topological polar surface area (TPSA) is 72.2 Å². The lowest BCUT2D eigenvalue weighted by Crippen LogP contribution is -2.12. The van der Waals surface area contributed by atoms with E-state index in [1.54, 1.807) is 24.3 Å². The van der Waals surface area contributed by atoms with Gasteiger partial charge in [0.15, 0.2) is 0 Å². The first kappa shape index (κ1) is 12.1. The van der Waals surface area contributed by atoms with Crippen molar-refractivity contribution in [1.82, 2.24) is 5.16 Å². The van der Waals surface area contributed by atoms with Crippen LogP contribution in [0, 0.1) is 0 Å². The summed E-state index contributed by atoms with van der Waals surface area (Å²) >= 11 is 3.30. The fourth-order valence-electron chi connectivity index (χ4n) is 1.23. The van der Waals surface area contributed by atoms with Crippen molar-refractivity contribution in [2.45, 2.75) is 10.2 Å². The van der Waals surface area contributed by atoms with E-state index in [4.69, 9.17) is 0 Å². The van der Waals surface area contributed by atoms with Gasteiger partial charge >= 0.3 is 0 Å². The number of nitrogens with zero attached hydrogens (tertiary/aromatic N) is 1. The lowest BCUT2D eigenvalue weighted by Gasteiger charge is -2.05. The monoisotopic (exact) mass is 316 g/mol. The van der Waals surface area contributed by atoms with E-state index in [9.17, 15) is 8.42 Å². The van der Waals surface area contributed by atoms with Crippen molar-refractivity contribution in [1.29, 1.82) is 0 Å². The molecule has 1 heterocycles. The second-order valence-electron chi connectivity index (χ2n) is 3.30. The number of halogens is 1. The molecule has 0 saturated heterocycles. The number of aromatic nitrogens is 1. The maximum atomic E-state index is 11.9. The first-order valence-electron chi connectivity index (χ1n) is 4.69. The molecule has 0 atom stereocenters. The van der Waals surface area contributed by atoms with Crippen LogP contribution in [0.15, 0.2) is 46.1 Å². The number of hydrogen-bond donors (Lipinski definition) is 1. The van der Waals surface area contributed by atoms with Crippen molar-refractivity contribution in [3.05, 3.63) is 42.3 Å². The summed E-state index contributed by atoms with van der Waals surface area (Å²) < 4.78 is 30.7. The SMILES string of the molecule is O=S(=O)(Nc1cnoc1)c1ccc(CBr)cc1. The number of nitrogens with one attached hydrogen (secondary N) is 1. The molecule has 0 spiro atoms. The minimum Gasteiger partial charge on any atom is -0.362 e. The minimum absolute atomic E-state index is 0.198. The van der Waals surface area contributed by atoms with Gasteiger partial charge in [0.25, 0.3) is 10.0 Å². The van der Waals surface area contributed by atoms with E-state index in [-0.39, 0.29) is 4.90 Å². The molecule has 2 aromatic rings. The Morgan fingerprint density at radius 3 is 2.53 bits per heavy atom. The molecule has 1 aromatic carbocycles. The Labute approximate surface area is 107 Å². The van der Waals surface area contributed by atoms with Crippen LogP contribution in [-0.2, 0) is 15.4 Å². The number of benzene rings is 1. The lowest BCUT2D eigenvalue weighted by molar-refractivity contribution is 0.420. The number of rotatable bonds is 4. The van der Waals surface area contributed by atoms with E-state index in [0.29, 0.717) is 11.0 Å². The normalized spacial score (nSPS) is 11.4.